The topological polar surface area (TPSA) is 127 Å². The fourth-order valence-electron chi connectivity index (χ4n) is 5.40. The summed E-state index contributed by atoms with van der Waals surface area (Å²) in [5, 5.41) is 16.1. The number of nitrogens with zero attached hydrogens (tertiary/aromatic N) is 4. The Morgan fingerprint density at radius 2 is 1.28 bits per heavy atom. The number of hydrogen-bond acceptors (Lipinski definition) is 7. The van der Waals surface area contributed by atoms with Crippen LogP contribution in [0.15, 0.2) is 130 Å². The monoisotopic (exact) mass is 875 g/mol. The van der Waals surface area contributed by atoms with Crippen LogP contribution in [0.4, 0.5) is 39.5 Å². The quantitative estimate of drug-likeness (QED) is 0.0813. The second-order valence-electron chi connectivity index (χ2n) is 14.5. The molecular weight excluding hydrogens is 838 g/mol. The van der Waals surface area contributed by atoms with Crippen molar-refractivity contribution in [2.24, 2.45) is 20.6 Å². The summed E-state index contributed by atoms with van der Waals surface area (Å²) in [6, 6.07) is 22.3. The molecule has 6 rings (SSSR count). The Hall–Kier alpha value is -6.21. The molecule has 1 aliphatic heterocycles. The lowest BCUT2D eigenvalue weighted by Gasteiger charge is -2.28. The van der Waals surface area contributed by atoms with Crippen LogP contribution in [0, 0.1) is 12.3 Å². The number of aromatic nitrogens is 2. The van der Waals surface area contributed by atoms with Crippen LogP contribution in [-0.4, -0.2) is 43.0 Å². The molecule has 0 aliphatic carbocycles. The first-order valence-corrected chi connectivity index (χ1v) is 19.6. The maximum absolute atomic E-state index is 13.1. The minimum atomic E-state index is -4.61. The minimum Gasteiger partial charge on any atom is -0.354 e. The van der Waals surface area contributed by atoms with Gasteiger partial charge < -0.3 is 5.32 Å². The number of nitrogens with one attached hydrogen (secondary N) is 2. The number of sulfonamides is 1. The molecule has 4 aromatic carbocycles. The van der Waals surface area contributed by atoms with Gasteiger partial charge in [0.05, 0.1) is 33.1 Å². The number of allylic oxidation sites excluding steroid dienone is 2. The molecule has 0 fully saturated rings. The summed E-state index contributed by atoms with van der Waals surface area (Å²) in [7, 11) is -3.90. The van der Waals surface area contributed by atoms with Crippen LogP contribution < -0.4 is 15.9 Å². The summed E-state index contributed by atoms with van der Waals surface area (Å²) in [4.78, 5) is 4.24. The number of primary sulfonamides is 1. The summed E-state index contributed by atoms with van der Waals surface area (Å²) >= 11 is 0. The molecule has 1 aliphatic rings. The van der Waals surface area contributed by atoms with Crippen LogP contribution in [0.25, 0.3) is 29.1 Å². The predicted molar refractivity (Wildman–Crippen MR) is 216 cm³/mol. The Bertz CT molecular complexity index is 2450. The third kappa shape index (κ3) is 13.1. The number of rotatable bonds is 8. The zero-order valence-electron chi connectivity index (χ0n) is 32.5. The van der Waals surface area contributed by atoms with Crippen LogP contribution >= 0.6 is 0 Å². The van der Waals surface area contributed by atoms with Crippen molar-refractivity contribution in [3.63, 3.8) is 0 Å². The molecule has 0 unspecified atom stereocenters. The first-order chi connectivity index (χ1) is 28.4. The number of hydrazone groups is 1. The summed E-state index contributed by atoms with van der Waals surface area (Å²) in [5.74, 6) is 0.465. The normalized spacial score (nSPS) is 14.5. The molecule has 0 bridgehead atoms. The van der Waals surface area contributed by atoms with Gasteiger partial charge in [-0.05, 0) is 84.8 Å². The molecule has 2 heterocycles. The number of halogens is 9. The Labute approximate surface area is 345 Å². The summed E-state index contributed by atoms with van der Waals surface area (Å²) in [6.07, 6.45) is -7.15. The van der Waals surface area contributed by atoms with Crippen molar-refractivity contribution in [1.82, 2.24) is 20.5 Å². The van der Waals surface area contributed by atoms with E-state index in [4.69, 9.17) is 5.14 Å². The van der Waals surface area contributed by atoms with Gasteiger partial charge in [-0.3, -0.25) is 4.99 Å². The van der Waals surface area contributed by atoms with Gasteiger partial charge in [0.15, 0.2) is 5.69 Å². The standard InChI is InChI=1S/C25H24F6N4.C17H14F3N3O2S/c1-23(2)15-32-22(33-16-23)35-34-21(13-7-17-3-9-19(10-4-17)24(26,27)28)14-8-18-5-11-20(12-6-18)25(29,30)31;1-11-2-4-12(5-3-11)15-10-16(17(18,19)20)22-23(15)13-6-8-14(9-7-13)26(21,24)25/h3-14H,15-16H2,1-2H3,(H2,32,33,35);2-10H,1H3,(H2,21,24,25)/b13-7+,14-8+;. The second kappa shape index (κ2) is 18.2. The average Bonchev–Trinajstić information content (AvgIpc) is 3.65. The van der Waals surface area contributed by atoms with Crippen molar-refractivity contribution < 1.29 is 47.9 Å². The highest BCUT2D eigenvalue weighted by Crippen LogP contribution is 2.34. The largest absolute Gasteiger partial charge is 0.435 e. The van der Waals surface area contributed by atoms with E-state index >= 15 is 0 Å². The lowest BCUT2D eigenvalue weighted by atomic mass is 9.93. The lowest BCUT2D eigenvalue weighted by molar-refractivity contribution is -0.141. The molecule has 0 amide bonds. The van der Waals surface area contributed by atoms with E-state index < -0.39 is 45.4 Å². The number of aryl methyl sites for hydroxylation is 1. The maximum atomic E-state index is 13.1. The van der Waals surface area contributed by atoms with E-state index in [1.165, 1.54) is 48.5 Å². The van der Waals surface area contributed by atoms with E-state index in [0.29, 0.717) is 41.5 Å². The van der Waals surface area contributed by atoms with Crippen LogP contribution in [0.2, 0.25) is 0 Å². The lowest BCUT2D eigenvalue weighted by Crippen LogP contribution is -2.46. The Kier molecular flexibility index (Phi) is 13.7. The van der Waals surface area contributed by atoms with Gasteiger partial charge in [0, 0.05) is 24.1 Å². The molecule has 0 saturated heterocycles. The van der Waals surface area contributed by atoms with Crippen LogP contribution in [0.1, 0.15) is 47.4 Å². The fourth-order valence-corrected chi connectivity index (χ4v) is 5.92. The zero-order valence-corrected chi connectivity index (χ0v) is 33.3. The zero-order chi connectivity index (χ0) is 44.8. The van der Waals surface area contributed by atoms with Gasteiger partial charge in [0.25, 0.3) is 0 Å². The molecule has 61 heavy (non-hydrogen) atoms. The molecule has 322 valence electrons. The van der Waals surface area contributed by atoms with Crippen molar-refractivity contribution in [2.45, 2.75) is 44.2 Å². The number of aliphatic imine (C=N–C) groups is 1. The van der Waals surface area contributed by atoms with Gasteiger partial charge in [-0.15, -0.1) is 0 Å². The summed E-state index contributed by atoms with van der Waals surface area (Å²) in [6.45, 7) is 7.28. The van der Waals surface area contributed by atoms with Crippen molar-refractivity contribution >= 4 is 33.8 Å². The Morgan fingerprint density at radius 3 is 1.70 bits per heavy atom. The van der Waals surface area contributed by atoms with Crippen LogP contribution in [0.5, 0.6) is 0 Å². The van der Waals surface area contributed by atoms with Crippen molar-refractivity contribution in [1.29, 1.82) is 0 Å². The van der Waals surface area contributed by atoms with E-state index in [2.05, 4.69) is 39.8 Å². The van der Waals surface area contributed by atoms with E-state index in [9.17, 15) is 47.9 Å². The SMILES string of the molecule is CC1(C)CN=C(NN=C(/C=C/c2ccc(C(F)(F)F)cc2)/C=C/c2ccc(C(F)(F)F)cc2)NC1.Cc1ccc(-c2cc(C(F)(F)F)nn2-c2ccc(S(N)(=O)=O)cc2)cc1. The summed E-state index contributed by atoms with van der Waals surface area (Å²) < 4.78 is 140. The molecular formula is C42H38F9N7O2S. The van der Waals surface area contributed by atoms with Crippen LogP contribution in [-0.2, 0) is 28.6 Å². The highest BCUT2D eigenvalue weighted by atomic mass is 32.2. The second-order valence-corrected chi connectivity index (χ2v) is 16.0. The molecule has 0 spiro atoms. The van der Waals surface area contributed by atoms with E-state index in [-0.39, 0.29) is 21.7 Å². The molecule has 0 radical (unpaired) electrons. The molecule has 5 aromatic rings. The first kappa shape index (κ1) is 45.9. The molecule has 0 atom stereocenters. The molecule has 4 N–H and O–H groups in total. The number of benzene rings is 4. The van der Waals surface area contributed by atoms with Crippen LogP contribution in [0.3, 0.4) is 0 Å². The van der Waals surface area contributed by atoms with E-state index in [0.717, 1.165) is 40.6 Å². The summed E-state index contributed by atoms with van der Waals surface area (Å²) in [5.41, 5.74) is 3.72. The van der Waals surface area contributed by atoms with Crippen molar-refractivity contribution in [3.8, 4) is 16.9 Å². The first-order valence-electron chi connectivity index (χ1n) is 18.1. The third-order valence-electron chi connectivity index (χ3n) is 8.82. The van der Waals surface area contributed by atoms with Gasteiger partial charge in [-0.2, -0.15) is 49.7 Å². The smallest absolute Gasteiger partial charge is 0.354 e. The average molecular weight is 876 g/mol. The maximum Gasteiger partial charge on any atom is 0.435 e. The van der Waals surface area contributed by atoms with Gasteiger partial charge in [-0.1, -0.05) is 80.1 Å². The van der Waals surface area contributed by atoms with Gasteiger partial charge in [0.2, 0.25) is 16.0 Å². The molecule has 9 nitrogen and oxygen atoms in total. The van der Waals surface area contributed by atoms with E-state index in [1.807, 2.05) is 6.92 Å². The van der Waals surface area contributed by atoms with E-state index in [1.54, 1.807) is 48.6 Å². The minimum absolute atomic E-state index is 0.00266. The van der Waals surface area contributed by atoms with Gasteiger partial charge >= 0.3 is 18.5 Å². The molecule has 1 aromatic heterocycles. The van der Waals surface area contributed by atoms with Crippen molar-refractivity contribution in [2.75, 3.05) is 13.1 Å². The van der Waals surface area contributed by atoms with Gasteiger partial charge in [-0.25, -0.2) is 23.7 Å². The van der Waals surface area contributed by atoms with Gasteiger partial charge in [0.1, 0.15) is 0 Å². The highest BCUT2D eigenvalue weighted by Gasteiger charge is 2.35. The number of hydrogen-bond donors (Lipinski definition) is 3. The highest BCUT2D eigenvalue weighted by molar-refractivity contribution is 7.89. The molecule has 19 heteroatoms. The number of alkyl halides is 9. The Balaban J connectivity index is 0.000000241. The number of nitrogens with two attached hydrogens (primary N) is 1. The van der Waals surface area contributed by atoms with Crippen molar-refractivity contribution in [3.05, 3.63) is 149 Å². The fraction of sp³-hybridized carbons (Fsp3) is 0.214. The molecule has 0 saturated carbocycles. The third-order valence-corrected chi connectivity index (χ3v) is 9.75. The predicted octanol–water partition coefficient (Wildman–Crippen LogP) is 9.90. The number of guanidine groups is 1. The Morgan fingerprint density at radius 1 is 0.770 bits per heavy atom.